The second kappa shape index (κ2) is 10.1. The number of nitrogens with one attached hydrogen (secondary N) is 1. The molecule has 1 aliphatic heterocycles. The minimum atomic E-state index is -0.545. The monoisotopic (exact) mass is 503 g/mol. The molecule has 0 fully saturated rings. The zero-order valence-corrected chi connectivity index (χ0v) is 23.1. The van der Waals surface area contributed by atoms with Gasteiger partial charge < -0.3 is 19.5 Å². The number of hydrogen-bond donors (Lipinski definition) is 1. The van der Waals surface area contributed by atoms with Crippen LogP contribution in [0.4, 0.5) is 0 Å². The van der Waals surface area contributed by atoms with Crippen LogP contribution in [0.2, 0.25) is 0 Å². The summed E-state index contributed by atoms with van der Waals surface area (Å²) in [5, 5.41) is 3.34. The van der Waals surface area contributed by atoms with Gasteiger partial charge in [0.2, 0.25) is 0 Å². The van der Waals surface area contributed by atoms with Crippen molar-refractivity contribution in [2.75, 3.05) is 14.2 Å². The molecule has 0 saturated heterocycles. The Morgan fingerprint density at radius 2 is 1.68 bits per heavy atom. The van der Waals surface area contributed by atoms with Crippen molar-refractivity contribution in [1.29, 1.82) is 0 Å². The first-order valence-corrected chi connectivity index (χ1v) is 12.7. The van der Waals surface area contributed by atoms with E-state index >= 15 is 0 Å². The third-order valence-electron chi connectivity index (χ3n) is 7.38. The Hall–Kier alpha value is -3.54. The van der Waals surface area contributed by atoms with Gasteiger partial charge in [0, 0.05) is 29.3 Å². The number of ketones is 1. The molecule has 0 aromatic heterocycles. The highest BCUT2D eigenvalue weighted by Crippen LogP contribution is 2.48. The molecule has 2 aromatic carbocycles. The number of allylic oxidation sites excluding steroid dienone is 3. The lowest BCUT2D eigenvalue weighted by molar-refractivity contribution is -0.136. The summed E-state index contributed by atoms with van der Waals surface area (Å²) < 4.78 is 17.1. The minimum absolute atomic E-state index is 0.0438. The highest BCUT2D eigenvalue weighted by atomic mass is 16.5. The Morgan fingerprint density at radius 3 is 2.30 bits per heavy atom. The maximum Gasteiger partial charge on any atom is 0.336 e. The topological polar surface area (TPSA) is 73.9 Å². The third kappa shape index (κ3) is 5.15. The van der Waals surface area contributed by atoms with Crippen molar-refractivity contribution < 1.29 is 23.8 Å². The molecular weight excluding hydrogens is 466 g/mol. The Morgan fingerprint density at radius 1 is 1.00 bits per heavy atom. The van der Waals surface area contributed by atoms with E-state index in [1.165, 1.54) is 23.8 Å². The number of rotatable bonds is 6. The summed E-state index contributed by atoms with van der Waals surface area (Å²) in [5.74, 6) is 0.194. The Balaban J connectivity index is 1.74. The van der Waals surface area contributed by atoms with Crippen molar-refractivity contribution in [2.24, 2.45) is 5.41 Å². The van der Waals surface area contributed by atoms with E-state index in [-0.39, 0.29) is 11.2 Å². The molecule has 6 nitrogen and oxygen atoms in total. The maximum absolute atomic E-state index is 13.4. The highest BCUT2D eigenvalue weighted by molar-refractivity contribution is 6.04. The molecule has 4 rings (SSSR count). The molecule has 0 bridgehead atoms. The Labute approximate surface area is 219 Å². The van der Waals surface area contributed by atoms with Gasteiger partial charge in [-0.05, 0) is 73.9 Å². The van der Waals surface area contributed by atoms with E-state index in [2.05, 4.69) is 52.1 Å². The smallest absolute Gasteiger partial charge is 0.336 e. The van der Waals surface area contributed by atoms with Crippen molar-refractivity contribution in [3.63, 3.8) is 0 Å². The van der Waals surface area contributed by atoms with E-state index in [1.807, 2.05) is 25.1 Å². The van der Waals surface area contributed by atoms with Crippen LogP contribution in [-0.2, 0) is 20.9 Å². The Bertz CT molecular complexity index is 1310. The summed E-state index contributed by atoms with van der Waals surface area (Å²) in [6, 6.07) is 9.95. The number of dihydropyridines is 1. The first-order valence-electron chi connectivity index (χ1n) is 12.7. The standard InChI is InChI=1S/C31H37NO5/c1-17-11-18(2)22(19(3)12-17)16-37-25-10-9-21(13-26(25)35-7)28-27(30(34)36-8)20(4)32-23-14-31(5,6)15-24(33)29(23)28/h9-13,28,32H,14-16H2,1-8H3. The minimum Gasteiger partial charge on any atom is -0.493 e. The summed E-state index contributed by atoms with van der Waals surface area (Å²) in [7, 11) is 2.96. The van der Waals surface area contributed by atoms with Gasteiger partial charge >= 0.3 is 5.97 Å². The number of aryl methyl sites for hydroxylation is 3. The van der Waals surface area contributed by atoms with Gasteiger partial charge in [-0.15, -0.1) is 0 Å². The van der Waals surface area contributed by atoms with Crippen LogP contribution in [-0.4, -0.2) is 26.0 Å². The van der Waals surface area contributed by atoms with Crippen LogP contribution in [0.25, 0.3) is 0 Å². The molecule has 1 N–H and O–H groups in total. The summed E-state index contributed by atoms with van der Waals surface area (Å²) >= 11 is 0. The van der Waals surface area contributed by atoms with E-state index in [0.29, 0.717) is 41.4 Å². The average molecular weight is 504 g/mol. The van der Waals surface area contributed by atoms with E-state index < -0.39 is 11.9 Å². The number of carbonyl (C=O) groups excluding carboxylic acids is 2. The third-order valence-corrected chi connectivity index (χ3v) is 7.38. The molecule has 1 unspecified atom stereocenters. The lowest BCUT2D eigenvalue weighted by Crippen LogP contribution is -2.38. The van der Waals surface area contributed by atoms with Crippen LogP contribution in [0.5, 0.6) is 11.5 Å². The van der Waals surface area contributed by atoms with Crippen LogP contribution < -0.4 is 14.8 Å². The number of ether oxygens (including phenoxy) is 3. The molecule has 0 amide bonds. The molecule has 2 aliphatic rings. The first-order chi connectivity index (χ1) is 17.5. The van der Waals surface area contributed by atoms with Gasteiger partial charge in [-0.25, -0.2) is 4.79 Å². The van der Waals surface area contributed by atoms with Crippen LogP contribution in [0.3, 0.4) is 0 Å². The molecule has 1 heterocycles. The molecule has 6 heteroatoms. The SMILES string of the molecule is COC(=O)C1=C(C)NC2=C(C(=O)CC(C)(C)C2)C1c1ccc(OCc2c(C)cc(C)cc2C)c(OC)c1. The van der Waals surface area contributed by atoms with Crippen molar-refractivity contribution in [3.05, 3.63) is 80.7 Å². The molecule has 0 radical (unpaired) electrons. The molecule has 196 valence electrons. The molecule has 2 aromatic rings. The molecule has 1 aliphatic carbocycles. The second-order valence-corrected chi connectivity index (χ2v) is 11.0. The van der Waals surface area contributed by atoms with Crippen LogP contribution in [0.15, 0.2) is 52.9 Å². The summed E-state index contributed by atoms with van der Waals surface area (Å²) in [6.07, 6.45) is 1.15. The van der Waals surface area contributed by atoms with Gasteiger partial charge in [0.25, 0.3) is 0 Å². The van der Waals surface area contributed by atoms with Crippen LogP contribution >= 0.6 is 0 Å². The van der Waals surface area contributed by atoms with E-state index in [0.717, 1.165) is 23.2 Å². The highest BCUT2D eigenvalue weighted by Gasteiger charge is 2.43. The number of hydrogen-bond acceptors (Lipinski definition) is 6. The summed E-state index contributed by atoms with van der Waals surface area (Å²) in [4.78, 5) is 26.4. The largest absolute Gasteiger partial charge is 0.493 e. The normalized spacial score (nSPS) is 18.8. The van der Waals surface area contributed by atoms with Crippen LogP contribution in [0, 0.1) is 26.2 Å². The molecular formula is C31H37NO5. The molecule has 37 heavy (non-hydrogen) atoms. The van der Waals surface area contributed by atoms with Crippen molar-refractivity contribution >= 4 is 11.8 Å². The average Bonchev–Trinajstić information content (AvgIpc) is 2.81. The fraction of sp³-hybridized carbons (Fsp3) is 0.419. The van der Waals surface area contributed by atoms with Crippen molar-refractivity contribution in [2.45, 2.75) is 66.9 Å². The number of methoxy groups -OCH3 is 2. The lowest BCUT2D eigenvalue weighted by Gasteiger charge is -2.39. The van der Waals surface area contributed by atoms with Gasteiger partial charge in [-0.3, -0.25) is 4.79 Å². The van der Waals surface area contributed by atoms with Gasteiger partial charge in [0.05, 0.1) is 19.8 Å². The fourth-order valence-corrected chi connectivity index (χ4v) is 5.72. The molecule has 1 atom stereocenters. The van der Waals surface area contributed by atoms with E-state index in [9.17, 15) is 9.59 Å². The van der Waals surface area contributed by atoms with Crippen LogP contribution in [0.1, 0.15) is 67.3 Å². The van der Waals surface area contributed by atoms with Gasteiger partial charge in [0.15, 0.2) is 17.3 Å². The van der Waals surface area contributed by atoms with Crippen molar-refractivity contribution in [3.8, 4) is 11.5 Å². The lowest BCUT2D eigenvalue weighted by atomic mass is 9.68. The zero-order chi connectivity index (χ0) is 27.1. The molecule has 0 spiro atoms. The number of carbonyl (C=O) groups is 2. The second-order valence-electron chi connectivity index (χ2n) is 11.0. The summed E-state index contributed by atoms with van der Waals surface area (Å²) in [5.41, 5.74) is 8.02. The Kier molecular flexibility index (Phi) is 7.22. The maximum atomic E-state index is 13.4. The quantitative estimate of drug-likeness (QED) is 0.489. The first kappa shape index (κ1) is 26.5. The predicted octanol–water partition coefficient (Wildman–Crippen LogP) is 5.98. The summed E-state index contributed by atoms with van der Waals surface area (Å²) in [6.45, 7) is 12.7. The van der Waals surface area contributed by atoms with Gasteiger partial charge in [-0.2, -0.15) is 0 Å². The fourth-order valence-electron chi connectivity index (χ4n) is 5.72. The van der Waals surface area contributed by atoms with Crippen molar-refractivity contribution in [1.82, 2.24) is 5.32 Å². The predicted molar refractivity (Wildman–Crippen MR) is 144 cm³/mol. The number of Topliss-reactive ketones (excluding diaryl/α,β-unsaturated/α-hetero) is 1. The van der Waals surface area contributed by atoms with E-state index in [1.54, 1.807) is 7.11 Å². The zero-order valence-electron chi connectivity index (χ0n) is 23.1. The number of esters is 1. The van der Waals surface area contributed by atoms with Gasteiger partial charge in [0.1, 0.15) is 6.61 Å². The van der Waals surface area contributed by atoms with Gasteiger partial charge in [-0.1, -0.05) is 37.6 Å². The van der Waals surface area contributed by atoms with E-state index in [4.69, 9.17) is 14.2 Å². The molecule has 0 saturated carbocycles. The number of benzene rings is 2.